The molecule has 5 nitrogen and oxygen atoms in total. The van der Waals surface area contributed by atoms with Crippen molar-refractivity contribution in [1.82, 2.24) is 5.32 Å². The molecule has 5 heteroatoms. The maximum Gasteiger partial charge on any atom is 0.222 e. The lowest BCUT2D eigenvalue weighted by atomic mass is 9.59. The maximum atomic E-state index is 12.4. The highest BCUT2D eigenvalue weighted by atomic mass is 16.5. The fourth-order valence-electron chi connectivity index (χ4n) is 6.27. The molecular weight excluding hydrogens is 342 g/mol. The topological polar surface area (TPSA) is 67.8 Å². The largest absolute Gasteiger partial charge is 0.497 e. The van der Waals surface area contributed by atoms with Gasteiger partial charge < -0.3 is 19.9 Å². The van der Waals surface area contributed by atoms with Gasteiger partial charge in [-0.15, -0.1) is 0 Å². The second-order valence-corrected chi connectivity index (χ2v) is 9.09. The van der Waals surface area contributed by atoms with Gasteiger partial charge in [0.05, 0.1) is 19.8 Å². The number of fused-ring (bicyclic) bond motifs is 1. The standard InChI is InChI=1S/C22H31NO4/c1-21(2)15-12-17-19(14-5-4-6-16(11-14)26-3)27-10-8-22(17,13-15)20(21)23-18(25)7-9-24/h4-6,11,15,17,19-20,24H,7-10,12-13H2,1-3H3,(H,23,25)/t15-,17-,19-,20+,22?/m1/s1. The third-order valence-corrected chi connectivity index (χ3v) is 7.57. The molecule has 1 aromatic carbocycles. The van der Waals surface area contributed by atoms with E-state index < -0.39 is 0 Å². The second kappa shape index (κ2) is 6.78. The Labute approximate surface area is 161 Å². The van der Waals surface area contributed by atoms with Crippen molar-refractivity contribution in [1.29, 1.82) is 0 Å². The van der Waals surface area contributed by atoms with Crippen LogP contribution in [0.2, 0.25) is 0 Å². The first kappa shape index (κ1) is 18.8. The molecule has 148 valence electrons. The van der Waals surface area contributed by atoms with Crippen LogP contribution in [0.5, 0.6) is 5.75 Å². The van der Waals surface area contributed by atoms with Crippen LogP contribution in [-0.4, -0.2) is 37.4 Å². The van der Waals surface area contributed by atoms with Gasteiger partial charge in [-0.25, -0.2) is 0 Å². The van der Waals surface area contributed by atoms with Crippen molar-refractivity contribution in [3.8, 4) is 5.75 Å². The van der Waals surface area contributed by atoms with Gasteiger partial charge in [-0.05, 0) is 59.6 Å². The first-order valence-corrected chi connectivity index (χ1v) is 10.1. The van der Waals surface area contributed by atoms with E-state index in [1.165, 1.54) is 5.56 Å². The summed E-state index contributed by atoms with van der Waals surface area (Å²) in [6.07, 6.45) is 3.50. The minimum atomic E-state index is -0.103. The average molecular weight is 373 g/mol. The van der Waals surface area contributed by atoms with Gasteiger partial charge in [0, 0.05) is 19.1 Å². The monoisotopic (exact) mass is 373 g/mol. The van der Waals surface area contributed by atoms with Crippen molar-refractivity contribution >= 4 is 5.91 Å². The van der Waals surface area contributed by atoms with Crippen LogP contribution < -0.4 is 10.1 Å². The number of benzene rings is 1. The Morgan fingerprint density at radius 3 is 2.96 bits per heavy atom. The van der Waals surface area contributed by atoms with Crippen LogP contribution >= 0.6 is 0 Å². The second-order valence-electron chi connectivity index (χ2n) is 9.09. The van der Waals surface area contributed by atoms with E-state index >= 15 is 0 Å². The Kier molecular flexibility index (Phi) is 4.71. The van der Waals surface area contributed by atoms with Crippen LogP contribution in [0.25, 0.3) is 0 Å². The Morgan fingerprint density at radius 2 is 2.22 bits per heavy atom. The van der Waals surface area contributed by atoms with Crippen LogP contribution in [0, 0.1) is 22.7 Å². The number of rotatable bonds is 5. The number of carbonyl (C=O) groups excluding carboxylic acids is 1. The number of methoxy groups -OCH3 is 1. The van der Waals surface area contributed by atoms with Gasteiger partial charge >= 0.3 is 0 Å². The number of amides is 1. The van der Waals surface area contributed by atoms with E-state index in [1.807, 2.05) is 12.1 Å². The Hall–Kier alpha value is -1.59. The highest BCUT2D eigenvalue weighted by Gasteiger charge is 2.68. The van der Waals surface area contributed by atoms with Crippen molar-refractivity contribution in [2.45, 2.75) is 51.7 Å². The summed E-state index contributed by atoms with van der Waals surface area (Å²) in [6.45, 7) is 5.20. The molecule has 1 aliphatic heterocycles. The predicted molar refractivity (Wildman–Crippen MR) is 102 cm³/mol. The third-order valence-electron chi connectivity index (χ3n) is 7.57. The van der Waals surface area contributed by atoms with Gasteiger partial charge in [0.2, 0.25) is 5.91 Å². The number of nitrogens with one attached hydrogen (secondary N) is 1. The van der Waals surface area contributed by atoms with Crippen LogP contribution in [0.15, 0.2) is 24.3 Å². The van der Waals surface area contributed by atoms with Gasteiger partial charge in [-0.3, -0.25) is 4.79 Å². The molecule has 0 radical (unpaired) electrons. The number of carbonyl (C=O) groups is 1. The van der Waals surface area contributed by atoms with E-state index in [0.717, 1.165) is 25.0 Å². The van der Waals surface area contributed by atoms with E-state index in [-0.39, 0.29) is 41.9 Å². The van der Waals surface area contributed by atoms with Gasteiger partial charge in [0.25, 0.3) is 0 Å². The minimum absolute atomic E-state index is 0.0410. The molecule has 0 aromatic heterocycles. The Morgan fingerprint density at radius 1 is 1.41 bits per heavy atom. The molecule has 2 aliphatic carbocycles. The summed E-state index contributed by atoms with van der Waals surface area (Å²) in [6, 6.07) is 8.33. The normalized spacial score (nSPS) is 36.3. The molecule has 2 N–H and O–H groups in total. The average Bonchev–Trinajstić information content (AvgIpc) is 3.14. The molecule has 1 unspecified atom stereocenters. The zero-order valence-corrected chi connectivity index (χ0v) is 16.5. The maximum absolute atomic E-state index is 12.4. The van der Waals surface area contributed by atoms with E-state index in [9.17, 15) is 4.79 Å². The summed E-state index contributed by atoms with van der Waals surface area (Å²) in [5.41, 5.74) is 1.31. The summed E-state index contributed by atoms with van der Waals surface area (Å²) in [4.78, 5) is 12.4. The molecule has 2 saturated carbocycles. The Balaban J connectivity index is 1.66. The molecule has 4 rings (SSSR count). The first-order valence-electron chi connectivity index (χ1n) is 10.1. The number of hydrogen-bond acceptors (Lipinski definition) is 4. The molecule has 27 heavy (non-hydrogen) atoms. The summed E-state index contributed by atoms with van der Waals surface area (Å²) in [7, 11) is 1.69. The van der Waals surface area contributed by atoms with E-state index in [0.29, 0.717) is 18.4 Å². The van der Waals surface area contributed by atoms with Crippen molar-refractivity contribution in [3.63, 3.8) is 0 Å². The van der Waals surface area contributed by atoms with Crippen molar-refractivity contribution < 1.29 is 19.4 Å². The Bertz CT molecular complexity index is 718. The van der Waals surface area contributed by atoms with E-state index in [4.69, 9.17) is 14.6 Å². The van der Waals surface area contributed by atoms with E-state index in [1.54, 1.807) is 7.11 Å². The zero-order chi connectivity index (χ0) is 19.2. The number of ether oxygens (including phenoxy) is 2. The molecule has 3 fully saturated rings. The first-order chi connectivity index (χ1) is 12.9. The molecular formula is C22H31NO4. The number of hydrogen-bond donors (Lipinski definition) is 2. The van der Waals surface area contributed by atoms with Gasteiger partial charge in [-0.2, -0.15) is 0 Å². The fraction of sp³-hybridized carbons (Fsp3) is 0.682. The quantitative estimate of drug-likeness (QED) is 0.832. The third kappa shape index (κ3) is 2.87. The molecule has 1 aromatic rings. The molecule has 3 aliphatic rings. The SMILES string of the molecule is COc1cccc([C@H]2OCCC34C[C@@H](C[C@H]23)C(C)(C)[C@@H]4NC(=O)CCO)c1. The highest BCUT2D eigenvalue weighted by Crippen LogP contribution is 2.70. The lowest BCUT2D eigenvalue weighted by Gasteiger charge is -2.53. The molecule has 5 atom stereocenters. The summed E-state index contributed by atoms with van der Waals surface area (Å²) in [5, 5.41) is 12.5. The summed E-state index contributed by atoms with van der Waals surface area (Å²) >= 11 is 0. The van der Waals surface area contributed by atoms with Gasteiger partial charge in [0.1, 0.15) is 5.75 Å². The molecule has 1 amide bonds. The van der Waals surface area contributed by atoms with Crippen LogP contribution in [0.3, 0.4) is 0 Å². The van der Waals surface area contributed by atoms with Crippen LogP contribution in [-0.2, 0) is 9.53 Å². The minimum Gasteiger partial charge on any atom is -0.497 e. The predicted octanol–water partition coefficient (Wildman–Crippen LogP) is 3.08. The lowest BCUT2D eigenvalue weighted by molar-refractivity contribution is -0.137. The van der Waals surface area contributed by atoms with Crippen LogP contribution in [0.4, 0.5) is 0 Å². The molecule has 1 heterocycles. The van der Waals surface area contributed by atoms with E-state index in [2.05, 4.69) is 31.3 Å². The summed E-state index contributed by atoms with van der Waals surface area (Å²) in [5.74, 6) is 1.79. The summed E-state index contributed by atoms with van der Waals surface area (Å²) < 4.78 is 11.7. The highest BCUT2D eigenvalue weighted by molar-refractivity contribution is 5.76. The molecule has 1 saturated heterocycles. The van der Waals surface area contributed by atoms with Crippen LogP contribution in [0.1, 0.15) is 51.2 Å². The fourth-order valence-corrected chi connectivity index (χ4v) is 6.27. The molecule has 2 bridgehead atoms. The van der Waals surface area contributed by atoms with Crippen molar-refractivity contribution in [3.05, 3.63) is 29.8 Å². The zero-order valence-electron chi connectivity index (χ0n) is 16.5. The van der Waals surface area contributed by atoms with Gasteiger partial charge in [0.15, 0.2) is 0 Å². The van der Waals surface area contributed by atoms with Crippen molar-refractivity contribution in [2.24, 2.45) is 22.7 Å². The number of aliphatic hydroxyl groups is 1. The smallest absolute Gasteiger partial charge is 0.222 e. The van der Waals surface area contributed by atoms with Gasteiger partial charge in [-0.1, -0.05) is 26.0 Å². The number of aliphatic hydroxyl groups excluding tert-OH is 1. The molecule has 1 spiro atoms. The van der Waals surface area contributed by atoms with Crippen molar-refractivity contribution in [2.75, 3.05) is 20.3 Å². The lowest BCUT2D eigenvalue weighted by Crippen LogP contribution is -2.59.